The zero-order valence-corrected chi connectivity index (χ0v) is 16.5. The van der Waals surface area contributed by atoms with Crippen molar-refractivity contribution in [2.24, 2.45) is 5.92 Å². The van der Waals surface area contributed by atoms with E-state index in [1.54, 1.807) is 35.4 Å². The van der Waals surface area contributed by atoms with Crippen LogP contribution < -0.4 is 10.2 Å². The topological polar surface area (TPSA) is 82.9 Å². The number of rotatable bonds is 5. The van der Waals surface area contributed by atoms with Crippen molar-refractivity contribution in [2.75, 3.05) is 11.4 Å². The van der Waals surface area contributed by atoms with Crippen LogP contribution in [0.5, 0.6) is 0 Å². The summed E-state index contributed by atoms with van der Waals surface area (Å²) in [7, 11) is 0. The second-order valence-electron chi connectivity index (χ2n) is 7.73. The van der Waals surface area contributed by atoms with Gasteiger partial charge in [-0.3, -0.25) is 9.59 Å². The molecule has 1 aromatic carbocycles. The van der Waals surface area contributed by atoms with Crippen LogP contribution in [0.15, 0.2) is 47.1 Å². The second-order valence-corrected chi connectivity index (χ2v) is 7.73. The summed E-state index contributed by atoms with van der Waals surface area (Å²) in [6, 6.07) is 10.2. The van der Waals surface area contributed by atoms with Crippen LogP contribution in [-0.4, -0.2) is 35.3 Å². The van der Waals surface area contributed by atoms with Gasteiger partial charge in [0.25, 0.3) is 0 Å². The number of amides is 4. The largest absolute Gasteiger partial charge is 0.467 e. The van der Waals surface area contributed by atoms with E-state index >= 15 is 0 Å². The number of imide groups is 1. The van der Waals surface area contributed by atoms with Crippen molar-refractivity contribution in [3.05, 3.63) is 54.0 Å². The molecule has 4 rings (SSSR count). The molecule has 2 heterocycles. The molecule has 29 heavy (non-hydrogen) atoms. The molecule has 0 bridgehead atoms. The molecule has 7 nitrogen and oxygen atoms in total. The lowest BCUT2D eigenvalue weighted by atomic mass is 9.81. The Morgan fingerprint density at radius 2 is 1.90 bits per heavy atom. The Balaban J connectivity index is 1.55. The van der Waals surface area contributed by atoms with Crippen LogP contribution in [0.25, 0.3) is 0 Å². The maximum absolute atomic E-state index is 13.3. The molecular formula is C22H25N3O4. The van der Waals surface area contributed by atoms with Gasteiger partial charge in [-0.05, 0) is 44.0 Å². The van der Waals surface area contributed by atoms with Crippen molar-refractivity contribution in [3.8, 4) is 0 Å². The summed E-state index contributed by atoms with van der Waals surface area (Å²) in [5, 5.41) is 2.79. The molecule has 2 unspecified atom stereocenters. The van der Waals surface area contributed by atoms with E-state index in [2.05, 4.69) is 5.32 Å². The quantitative estimate of drug-likeness (QED) is 0.843. The Kier molecular flexibility index (Phi) is 5.38. The van der Waals surface area contributed by atoms with Crippen molar-refractivity contribution in [3.63, 3.8) is 0 Å². The predicted molar refractivity (Wildman–Crippen MR) is 107 cm³/mol. The van der Waals surface area contributed by atoms with Crippen LogP contribution in [0.4, 0.5) is 10.5 Å². The molecule has 1 saturated heterocycles. The van der Waals surface area contributed by atoms with E-state index in [1.807, 2.05) is 19.1 Å². The summed E-state index contributed by atoms with van der Waals surface area (Å²) in [6.45, 7) is 2.15. The minimum Gasteiger partial charge on any atom is -0.467 e. The van der Waals surface area contributed by atoms with Gasteiger partial charge in [0, 0.05) is 6.04 Å². The molecule has 152 valence electrons. The Bertz CT molecular complexity index is 891. The maximum Gasteiger partial charge on any atom is 0.332 e. The first kappa shape index (κ1) is 19.2. The molecule has 2 aromatic rings. The van der Waals surface area contributed by atoms with Crippen molar-refractivity contribution < 1.29 is 18.8 Å². The first-order valence-electron chi connectivity index (χ1n) is 10.0. The van der Waals surface area contributed by atoms with Crippen LogP contribution in [0, 0.1) is 12.8 Å². The number of aryl methyl sites for hydroxylation is 1. The molecule has 4 amide bonds. The van der Waals surface area contributed by atoms with Gasteiger partial charge in [-0.1, -0.05) is 30.5 Å². The van der Waals surface area contributed by atoms with Crippen LogP contribution >= 0.6 is 0 Å². The highest BCUT2D eigenvalue weighted by Crippen LogP contribution is 2.36. The SMILES string of the molecule is Cc1ccc(N2C(=O)C3CCCCC3N(CC(=O)NCc3ccco3)C2=O)cc1. The van der Waals surface area contributed by atoms with E-state index in [0.717, 1.165) is 31.2 Å². The van der Waals surface area contributed by atoms with Crippen LogP contribution in [0.1, 0.15) is 37.0 Å². The molecule has 2 atom stereocenters. The minimum absolute atomic E-state index is 0.0731. The van der Waals surface area contributed by atoms with Crippen molar-refractivity contribution in [1.29, 1.82) is 0 Å². The molecule has 1 aliphatic carbocycles. The maximum atomic E-state index is 13.3. The third kappa shape index (κ3) is 3.90. The lowest BCUT2D eigenvalue weighted by molar-refractivity contribution is -0.130. The summed E-state index contributed by atoms with van der Waals surface area (Å²) >= 11 is 0. The van der Waals surface area contributed by atoms with E-state index in [-0.39, 0.29) is 36.9 Å². The number of anilines is 1. The molecule has 1 aromatic heterocycles. The first-order valence-corrected chi connectivity index (χ1v) is 10.0. The van der Waals surface area contributed by atoms with Crippen LogP contribution in [0.3, 0.4) is 0 Å². The molecule has 1 aliphatic heterocycles. The highest BCUT2D eigenvalue weighted by molar-refractivity contribution is 6.17. The predicted octanol–water partition coefficient (Wildman–Crippen LogP) is 3.23. The second kappa shape index (κ2) is 8.11. The number of furan rings is 1. The number of hydrogen-bond donors (Lipinski definition) is 1. The molecule has 0 radical (unpaired) electrons. The summed E-state index contributed by atoms with van der Waals surface area (Å²) in [5.74, 6) is -0.0379. The number of hydrogen-bond acceptors (Lipinski definition) is 4. The third-order valence-corrected chi connectivity index (χ3v) is 5.75. The molecule has 1 N–H and O–H groups in total. The third-order valence-electron chi connectivity index (χ3n) is 5.75. The van der Waals surface area contributed by atoms with Gasteiger partial charge < -0.3 is 14.6 Å². The molecule has 7 heteroatoms. The van der Waals surface area contributed by atoms with E-state index in [9.17, 15) is 14.4 Å². The van der Waals surface area contributed by atoms with E-state index in [4.69, 9.17) is 4.42 Å². The lowest BCUT2D eigenvalue weighted by Crippen LogP contribution is -2.64. The van der Waals surface area contributed by atoms with Gasteiger partial charge in [-0.15, -0.1) is 0 Å². The average Bonchev–Trinajstić information content (AvgIpc) is 3.25. The van der Waals surface area contributed by atoms with Gasteiger partial charge in [0.05, 0.1) is 24.4 Å². The number of carbonyl (C=O) groups is 3. The fourth-order valence-corrected chi connectivity index (χ4v) is 4.23. The summed E-state index contributed by atoms with van der Waals surface area (Å²) < 4.78 is 5.23. The van der Waals surface area contributed by atoms with Gasteiger partial charge in [-0.25, -0.2) is 9.69 Å². The molecular weight excluding hydrogens is 370 g/mol. The fraction of sp³-hybridized carbons (Fsp3) is 0.409. The van der Waals surface area contributed by atoms with Crippen molar-refractivity contribution >= 4 is 23.5 Å². The zero-order chi connectivity index (χ0) is 20.4. The fourth-order valence-electron chi connectivity index (χ4n) is 4.23. The number of benzene rings is 1. The smallest absolute Gasteiger partial charge is 0.332 e. The first-order chi connectivity index (χ1) is 14.0. The summed E-state index contributed by atoms with van der Waals surface area (Å²) in [4.78, 5) is 41.8. The van der Waals surface area contributed by atoms with Crippen molar-refractivity contribution in [2.45, 2.75) is 45.2 Å². The summed E-state index contributed by atoms with van der Waals surface area (Å²) in [5.41, 5.74) is 1.60. The minimum atomic E-state index is -0.421. The Morgan fingerprint density at radius 3 is 2.62 bits per heavy atom. The van der Waals surface area contributed by atoms with E-state index in [0.29, 0.717) is 11.4 Å². The number of nitrogens with zero attached hydrogens (tertiary/aromatic N) is 2. The van der Waals surface area contributed by atoms with E-state index < -0.39 is 6.03 Å². The summed E-state index contributed by atoms with van der Waals surface area (Å²) in [6.07, 6.45) is 4.95. The van der Waals surface area contributed by atoms with Gasteiger partial charge in [-0.2, -0.15) is 0 Å². The van der Waals surface area contributed by atoms with Gasteiger partial charge in [0.2, 0.25) is 11.8 Å². The Hall–Kier alpha value is -3.09. The van der Waals surface area contributed by atoms with Crippen LogP contribution in [-0.2, 0) is 16.1 Å². The monoisotopic (exact) mass is 395 g/mol. The molecule has 1 saturated carbocycles. The van der Waals surface area contributed by atoms with Gasteiger partial charge in [0.15, 0.2) is 0 Å². The Morgan fingerprint density at radius 1 is 1.14 bits per heavy atom. The van der Waals surface area contributed by atoms with E-state index in [1.165, 1.54) is 4.90 Å². The lowest BCUT2D eigenvalue weighted by Gasteiger charge is -2.46. The number of carbonyl (C=O) groups excluding carboxylic acids is 3. The average molecular weight is 395 g/mol. The Labute approximate surface area is 169 Å². The molecule has 2 aliphatic rings. The number of fused-ring (bicyclic) bond motifs is 1. The van der Waals surface area contributed by atoms with Gasteiger partial charge in [0.1, 0.15) is 12.3 Å². The number of nitrogens with one attached hydrogen (secondary N) is 1. The zero-order valence-electron chi connectivity index (χ0n) is 16.5. The number of urea groups is 1. The van der Waals surface area contributed by atoms with Gasteiger partial charge >= 0.3 is 6.03 Å². The molecule has 2 fully saturated rings. The van der Waals surface area contributed by atoms with Crippen molar-refractivity contribution in [1.82, 2.24) is 10.2 Å². The molecule has 0 spiro atoms. The highest BCUT2D eigenvalue weighted by atomic mass is 16.3. The van der Waals surface area contributed by atoms with Crippen LogP contribution in [0.2, 0.25) is 0 Å². The highest BCUT2D eigenvalue weighted by Gasteiger charge is 2.47. The standard InChI is InChI=1S/C22H25N3O4/c1-15-8-10-16(11-9-15)25-21(27)18-6-2-3-7-19(18)24(22(25)28)14-20(26)23-13-17-5-4-12-29-17/h4-5,8-12,18-19H,2-3,6-7,13-14H2,1H3,(H,23,26). The normalized spacial score (nSPS) is 21.8.